The Labute approximate surface area is 247 Å². The molecule has 2 aromatic heterocycles. The van der Waals surface area contributed by atoms with Gasteiger partial charge in [0.05, 0.1) is 15.7 Å². The first-order valence-corrected chi connectivity index (χ1v) is 14.9. The molecule has 2 unspecified atom stereocenters. The van der Waals surface area contributed by atoms with Crippen LogP contribution in [-0.4, -0.2) is 34.9 Å². The first kappa shape index (κ1) is 29.2. The second-order valence-corrected chi connectivity index (χ2v) is 13.8. The second kappa shape index (κ2) is 10.7. The molecule has 7 nitrogen and oxygen atoms in total. The van der Waals surface area contributed by atoms with E-state index in [1.807, 2.05) is 18.2 Å². The van der Waals surface area contributed by atoms with E-state index in [1.54, 1.807) is 44.5 Å². The average Bonchev–Trinajstić information content (AvgIpc) is 3.55. The summed E-state index contributed by atoms with van der Waals surface area (Å²) in [7, 11) is -0.191. The van der Waals surface area contributed by atoms with Crippen LogP contribution in [0.4, 0.5) is 17.6 Å². The molecule has 2 heterocycles. The zero-order valence-electron chi connectivity index (χ0n) is 23.9. The van der Waals surface area contributed by atoms with Gasteiger partial charge in [-0.3, -0.25) is 0 Å². The summed E-state index contributed by atoms with van der Waals surface area (Å²) in [4.78, 5) is 4.62. The van der Waals surface area contributed by atoms with E-state index in [0.717, 1.165) is 18.4 Å². The van der Waals surface area contributed by atoms with Gasteiger partial charge < -0.3 is 8.98 Å². The van der Waals surface area contributed by atoms with Crippen molar-refractivity contribution in [2.24, 2.45) is 7.05 Å². The lowest BCUT2D eigenvalue weighted by Gasteiger charge is -2.26. The first-order valence-electron chi connectivity index (χ1n) is 13.7. The number of oxazole rings is 1. The fraction of sp³-hybridized carbons (Fsp3) is 0.323. The van der Waals surface area contributed by atoms with Crippen molar-refractivity contribution in [2.45, 2.75) is 56.5 Å². The summed E-state index contributed by atoms with van der Waals surface area (Å²) in [5.41, 5.74) is 3.92. The molecule has 0 saturated heterocycles. The molecule has 2 atom stereocenters. The number of halogens is 4. The molecule has 0 spiro atoms. The lowest BCUT2D eigenvalue weighted by Crippen LogP contribution is -2.41. The van der Waals surface area contributed by atoms with Crippen molar-refractivity contribution in [2.75, 3.05) is 0 Å². The standard InChI is InChI=1S/C31H29F4N5O2S/c1-30(2,3)43(41)39-27(31(33,34)35)20-13-23(17-8-9-17)26-25(14-20)37-29(42-26)19-7-5-6-18(12-19)22-11-10-21(32)15-24(22)28-38-36-16-40(28)4/h5-7,10-17,27,39H,8-9H2,1-4H3. The number of rotatable bonds is 7. The summed E-state index contributed by atoms with van der Waals surface area (Å²) in [6.45, 7) is 4.84. The highest BCUT2D eigenvalue weighted by Crippen LogP contribution is 2.46. The van der Waals surface area contributed by atoms with Crippen LogP contribution in [0.15, 0.2) is 65.3 Å². The van der Waals surface area contributed by atoms with Crippen molar-refractivity contribution in [1.29, 1.82) is 0 Å². The molecule has 0 aliphatic heterocycles. The van der Waals surface area contributed by atoms with Crippen molar-refractivity contribution in [3.8, 4) is 34.0 Å². The van der Waals surface area contributed by atoms with E-state index >= 15 is 0 Å². The van der Waals surface area contributed by atoms with Crippen LogP contribution < -0.4 is 4.72 Å². The molecule has 1 N–H and O–H groups in total. The number of alkyl halides is 3. The Morgan fingerprint density at radius 2 is 1.77 bits per heavy atom. The number of aryl methyl sites for hydroxylation is 1. The Morgan fingerprint density at radius 1 is 1.02 bits per heavy atom. The summed E-state index contributed by atoms with van der Waals surface area (Å²) in [6, 6.07) is 12.4. The van der Waals surface area contributed by atoms with Gasteiger partial charge in [0, 0.05) is 23.7 Å². The zero-order valence-corrected chi connectivity index (χ0v) is 24.7. The summed E-state index contributed by atoms with van der Waals surface area (Å²) >= 11 is 0. The summed E-state index contributed by atoms with van der Waals surface area (Å²) < 4.78 is 79.2. The number of nitrogens with one attached hydrogen (secondary N) is 1. The molecular weight excluding hydrogens is 582 g/mol. The number of benzene rings is 3. The molecular formula is C31H29F4N5O2S. The molecule has 5 aromatic rings. The van der Waals surface area contributed by atoms with E-state index in [1.165, 1.54) is 30.6 Å². The predicted octanol–water partition coefficient (Wildman–Crippen LogP) is 7.63. The molecule has 224 valence electrons. The summed E-state index contributed by atoms with van der Waals surface area (Å²) in [5.74, 6) is 0.375. The molecule has 1 saturated carbocycles. The molecule has 1 fully saturated rings. The second-order valence-electron chi connectivity index (χ2n) is 11.8. The number of fused-ring (bicyclic) bond motifs is 1. The Kier molecular flexibility index (Phi) is 7.24. The van der Waals surface area contributed by atoms with Crippen molar-refractivity contribution < 1.29 is 26.2 Å². The molecule has 12 heteroatoms. The minimum Gasteiger partial charge on any atom is -0.436 e. The number of hydrogen-bond donors (Lipinski definition) is 1. The van der Waals surface area contributed by atoms with Crippen LogP contribution in [0.5, 0.6) is 0 Å². The molecule has 1 aliphatic rings. The Morgan fingerprint density at radius 3 is 2.42 bits per heavy atom. The summed E-state index contributed by atoms with van der Waals surface area (Å²) in [6.07, 6.45) is -1.50. The molecule has 3 aromatic carbocycles. The SMILES string of the molecule is Cn1cnnc1-c1cc(F)ccc1-c1cccc(-c2nc3cc(C(NS(=O)C(C)(C)C)C(F)(F)F)cc(C4CC4)c3o2)c1. The van der Waals surface area contributed by atoms with Crippen LogP contribution in [0, 0.1) is 5.82 Å². The van der Waals surface area contributed by atoms with E-state index in [2.05, 4.69) is 19.9 Å². The van der Waals surface area contributed by atoms with E-state index in [-0.39, 0.29) is 17.4 Å². The Balaban J connectivity index is 1.44. The fourth-order valence-electron chi connectivity index (χ4n) is 4.98. The van der Waals surface area contributed by atoms with Gasteiger partial charge in [-0.05, 0) is 92.6 Å². The van der Waals surface area contributed by atoms with Gasteiger partial charge in [0.25, 0.3) is 0 Å². The van der Waals surface area contributed by atoms with Crippen LogP contribution in [0.25, 0.3) is 45.1 Å². The van der Waals surface area contributed by atoms with Crippen molar-refractivity contribution in [1.82, 2.24) is 24.5 Å². The molecule has 1 aliphatic carbocycles. The number of nitrogens with zero attached hydrogens (tertiary/aromatic N) is 4. The highest BCUT2D eigenvalue weighted by molar-refractivity contribution is 7.84. The highest BCUT2D eigenvalue weighted by Gasteiger charge is 2.44. The fourth-order valence-corrected chi connectivity index (χ4v) is 5.81. The average molecular weight is 612 g/mol. The van der Waals surface area contributed by atoms with Gasteiger partial charge in [-0.15, -0.1) is 10.2 Å². The maximum absolute atomic E-state index is 14.3. The number of hydrogen-bond acceptors (Lipinski definition) is 5. The first-order chi connectivity index (χ1) is 20.3. The van der Waals surface area contributed by atoms with Crippen molar-refractivity contribution in [3.05, 3.63) is 77.9 Å². The zero-order chi connectivity index (χ0) is 30.7. The lowest BCUT2D eigenvalue weighted by atomic mass is 9.97. The smallest absolute Gasteiger partial charge is 0.408 e. The third-order valence-corrected chi connectivity index (χ3v) is 8.92. The maximum atomic E-state index is 14.3. The molecule has 0 radical (unpaired) electrons. The quantitative estimate of drug-likeness (QED) is 0.191. The Bertz CT molecular complexity index is 1850. The van der Waals surface area contributed by atoms with Gasteiger partial charge in [-0.1, -0.05) is 18.2 Å². The van der Waals surface area contributed by atoms with Gasteiger partial charge in [-0.2, -0.15) is 13.2 Å². The van der Waals surface area contributed by atoms with Crippen molar-refractivity contribution >= 4 is 22.1 Å². The third-order valence-electron chi connectivity index (χ3n) is 7.35. The van der Waals surface area contributed by atoms with E-state index in [9.17, 15) is 21.8 Å². The van der Waals surface area contributed by atoms with Crippen LogP contribution in [0.3, 0.4) is 0 Å². The molecule has 0 bridgehead atoms. The highest BCUT2D eigenvalue weighted by atomic mass is 32.2. The van der Waals surface area contributed by atoms with Crippen molar-refractivity contribution in [3.63, 3.8) is 0 Å². The predicted molar refractivity (Wildman–Crippen MR) is 157 cm³/mol. The van der Waals surface area contributed by atoms with Crippen LogP contribution in [0.1, 0.15) is 56.7 Å². The largest absolute Gasteiger partial charge is 0.436 e. The van der Waals surface area contributed by atoms with Gasteiger partial charge >= 0.3 is 6.18 Å². The monoisotopic (exact) mass is 611 g/mol. The van der Waals surface area contributed by atoms with Gasteiger partial charge in [0.15, 0.2) is 11.4 Å². The minimum atomic E-state index is -4.69. The normalized spacial score (nSPS) is 15.6. The van der Waals surface area contributed by atoms with E-state index in [0.29, 0.717) is 39.2 Å². The molecule has 0 amide bonds. The third kappa shape index (κ3) is 5.85. The van der Waals surface area contributed by atoms with Crippen LogP contribution in [-0.2, 0) is 18.0 Å². The van der Waals surface area contributed by atoms with Crippen LogP contribution in [0.2, 0.25) is 0 Å². The maximum Gasteiger partial charge on any atom is 0.408 e. The molecule has 43 heavy (non-hydrogen) atoms. The van der Waals surface area contributed by atoms with E-state index < -0.39 is 33.8 Å². The van der Waals surface area contributed by atoms with Crippen LogP contribution >= 0.6 is 0 Å². The van der Waals surface area contributed by atoms with E-state index in [4.69, 9.17) is 4.42 Å². The lowest BCUT2D eigenvalue weighted by molar-refractivity contribution is -0.152. The number of aromatic nitrogens is 4. The van der Waals surface area contributed by atoms with Gasteiger partial charge in [0.1, 0.15) is 23.7 Å². The van der Waals surface area contributed by atoms with Gasteiger partial charge in [-0.25, -0.2) is 18.3 Å². The summed E-state index contributed by atoms with van der Waals surface area (Å²) in [5, 5.41) is 8.05. The van der Waals surface area contributed by atoms with Gasteiger partial charge in [0.2, 0.25) is 5.89 Å². The Hall–Kier alpha value is -3.90. The minimum absolute atomic E-state index is 0.0600. The topological polar surface area (TPSA) is 85.8 Å². The molecule has 6 rings (SSSR count).